The van der Waals surface area contributed by atoms with E-state index in [1.807, 2.05) is 0 Å². The van der Waals surface area contributed by atoms with Crippen molar-refractivity contribution >= 4 is 11.8 Å². The normalized spacial score (nSPS) is 13.6. The van der Waals surface area contributed by atoms with Crippen molar-refractivity contribution in [1.82, 2.24) is 5.32 Å². The molecule has 0 atom stereocenters. The molecule has 84 valence electrons. The Hall–Kier alpha value is -2.02. The van der Waals surface area contributed by atoms with Crippen LogP contribution in [0.2, 0.25) is 0 Å². The smallest absolute Gasteiger partial charge is 0.0495 e. The third-order valence-corrected chi connectivity index (χ3v) is 3.17. The predicted octanol–water partition coefficient (Wildman–Crippen LogP) is 1.54. The number of aryl methyl sites for hydroxylation is 1. The first-order chi connectivity index (χ1) is 8.34. The van der Waals surface area contributed by atoms with Gasteiger partial charge in [-0.1, -0.05) is 60.2 Å². The summed E-state index contributed by atoms with van der Waals surface area (Å²) in [6, 6.07) is 17.2. The third kappa shape index (κ3) is 1.84. The van der Waals surface area contributed by atoms with E-state index in [9.17, 15) is 0 Å². The Morgan fingerprint density at radius 3 is 2.53 bits per heavy atom. The van der Waals surface area contributed by atoms with Crippen LogP contribution in [0.3, 0.4) is 0 Å². The van der Waals surface area contributed by atoms with Gasteiger partial charge in [0, 0.05) is 17.5 Å². The average molecular weight is 221 g/mol. The summed E-state index contributed by atoms with van der Waals surface area (Å²) in [4.78, 5) is 0. The van der Waals surface area contributed by atoms with Gasteiger partial charge in [-0.15, -0.1) is 0 Å². The van der Waals surface area contributed by atoms with Crippen LogP contribution in [-0.2, 0) is 0 Å². The Labute approximate surface area is 101 Å². The number of hydrogen-bond donors (Lipinski definition) is 1. The summed E-state index contributed by atoms with van der Waals surface area (Å²) < 4.78 is 0. The van der Waals surface area contributed by atoms with Gasteiger partial charge in [-0.3, -0.25) is 0 Å². The van der Waals surface area contributed by atoms with Crippen LogP contribution in [0.4, 0.5) is 0 Å². The van der Waals surface area contributed by atoms with E-state index < -0.39 is 0 Å². The highest BCUT2D eigenvalue weighted by atomic mass is 14.9. The molecular formula is C16H15N. The van der Waals surface area contributed by atoms with E-state index in [1.165, 1.54) is 27.3 Å². The molecule has 1 aliphatic heterocycles. The van der Waals surface area contributed by atoms with Gasteiger partial charge >= 0.3 is 0 Å². The summed E-state index contributed by atoms with van der Waals surface area (Å²) in [5.74, 6) is 0. The summed E-state index contributed by atoms with van der Waals surface area (Å²) >= 11 is 0. The summed E-state index contributed by atoms with van der Waals surface area (Å²) in [5, 5.41) is 6.09. The van der Waals surface area contributed by atoms with Crippen LogP contribution in [0, 0.1) is 6.92 Å². The van der Waals surface area contributed by atoms with E-state index in [0.717, 1.165) is 6.54 Å². The van der Waals surface area contributed by atoms with Gasteiger partial charge in [0.2, 0.25) is 0 Å². The van der Waals surface area contributed by atoms with E-state index in [-0.39, 0.29) is 0 Å². The van der Waals surface area contributed by atoms with Crippen molar-refractivity contribution in [1.29, 1.82) is 0 Å². The predicted molar refractivity (Wildman–Crippen MR) is 71.8 cm³/mol. The minimum absolute atomic E-state index is 0.903. The number of hydrogen-bond acceptors (Lipinski definition) is 1. The van der Waals surface area contributed by atoms with Gasteiger partial charge in [-0.05, 0) is 17.7 Å². The van der Waals surface area contributed by atoms with Crippen molar-refractivity contribution < 1.29 is 0 Å². The molecular weight excluding hydrogens is 206 g/mol. The van der Waals surface area contributed by atoms with Crippen molar-refractivity contribution in [2.75, 3.05) is 6.54 Å². The number of rotatable bonds is 1. The molecule has 1 heterocycles. The number of benzene rings is 2. The largest absolute Gasteiger partial charge is 0.381 e. The molecule has 0 saturated carbocycles. The van der Waals surface area contributed by atoms with Gasteiger partial charge in [0.15, 0.2) is 0 Å². The summed E-state index contributed by atoms with van der Waals surface area (Å²) in [6.45, 7) is 3.02. The van der Waals surface area contributed by atoms with E-state index in [1.54, 1.807) is 0 Å². The zero-order valence-electron chi connectivity index (χ0n) is 9.90. The fraction of sp³-hybridized carbons (Fsp3) is 0.125. The SMILES string of the molecule is Cc1ccc(C2=c3ccccc3=CCN2)cc1. The van der Waals surface area contributed by atoms with E-state index in [2.05, 4.69) is 66.8 Å². The molecule has 0 aromatic heterocycles. The van der Waals surface area contributed by atoms with Gasteiger partial charge in [0.25, 0.3) is 0 Å². The van der Waals surface area contributed by atoms with Crippen LogP contribution < -0.4 is 15.8 Å². The second kappa shape index (κ2) is 4.10. The lowest BCUT2D eigenvalue weighted by Crippen LogP contribution is -2.37. The molecule has 0 radical (unpaired) electrons. The quantitative estimate of drug-likeness (QED) is 0.770. The van der Waals surface area contributed by atoms with Crippen molar-refractivity contribution in [2.24, 2.45) is 0 Å². The molecule has 0 bridgehead atoms. The van der Waals surface area contributed by atoms with Crippen LogP contribution in [0.5, 0.6) is 0 Å². The molecule has 2 aromatic carbocycles. The molecule has 1 nitrogen and oxygen atoms in total. The number of nitrogens with one attached hydrogen (secondary N) is 1. The first-order valence-electron chi connectivity index (χ1n) is 5.95. The molecule has 0 unspecified atom stereocenters. The van der Waals surface area contributed by atoms with Crippen LogP contribution in [0.1, 0.15) is 11.1 Å². The van der Waals surface area contributed by atoms with Gasteiger partial charge in [0.1, 0.15) is 0 Å². The molecule has 17 heavy (non-hydrogen) atoms. The van der Waals surface area contributed by atoms with Crippen LogP contribution in [0.25, 0.3) is 11.8 Å². The minimum atomic E-state index is 0.903. The molecule has 1 aliphatic rings. The van der Waals surface area contributed by atoms with Crippen molar-refractivity contribution in [3.8, 4) is 0 Å². The Bertz CT molecular complexity index is 651. The maximum absolute atomic E-state index is 3.47. The fourth-order valence-corrected chi connectivity index (χ4v) is 2.24. The summed E-state index contributed by atoms with van der Waals surface area (Å²) in [6.07, 6.45) is 2.23. The molecule has 0 spiro atoms. The molecule has 1 heteroatoms. The van der Waals surface area contributed by atoms with Gasteiger partial charge in [0.05, 0.1) is 0 Å². The monoisotopic (exact) mass is 221 g/mol. The first kappa shape index (κ1) is 10.2. The maximum atomic E-state index is 3.47. The zero-order valence-corrected chi connectivity index (χ0v) is 9.90. The Morgan fingerprint density at radius 2 is 1.71 bits per heavy atom. The van der Waals surface area contributed by atoms with E-state index in [4.69, 9.17) is 0 Å². The van der Waals surface area contributed by atoms with E-state index >= 15 is 0 Å². The summed E-state index contributed by atoms with van der Waals surface area (Å²) in [7, 11) is 0. The van der Waals surface area contributed by atoms with E-state index in [0.29, 0.717) is 0 Å². The zero-order chi connectivity index (χ0) is 11.7. The summed E-state index contributed by atoms with van der Waals surface area (Å²) in [5.41, 5.74) is 3.80. The second-order valence-electron chi connectivity index (χ2n) is 4.41. The fourth-order valence-electron chi connectivity index (χ4n) is 2.24. The van der Waals surface area contributed by atoms with Crippen molar-refractivity contribution in [3.05, 3.63) is 70.1 Å². The standard InChI is InChI=1S/C16H15N/c1-12-6-8-14(9-7-12)16-15-5-3-2-4-13(15)10-11-17-16/h2-10,17H,11H2,1H3. The number of fused-ring (bicyclic) bond motifs is 1. The van der Waals surface area contributed by atoms with Gasteiger partial charge in [-0.25, -0.2) is 0 Å². The lowest BCUT2D eigenvalue weighted by atomic mass is 10.0. The van der Waals surface area contributed by atoms with Crippen LogP contribution in [0.15, 0.2) is 48.5 Å². The molecule has 0 saturated heterocycles. The molecule has 0 fully saturated rings. The van der Waals surface area contributed by atoms with Crippen LogP contribution in [-0.4, -0.2) is 6.54 Å². The Kier molecular flexibility index (Phi) is 2.45. The average Bonchev–Trinajstić information content (AvgIpc) is 2.39. The second-order valence-corrected chi connectivity index (χ2v) is 4.41. The molecule has 0 aliphatic carbocycles. The third-order valence-electron chi connectivity index (χ3n) is 3.17. The lowest BCUT2D eigenvalue weighted by molar-refractivity contribution is 1.01. The van der Waals surface area contributed by atoms with Crippen molar-refractivity contribution in [2.45, 2.75) is 6.92 Å². The molecule has 2 aromatic rings. The molecule has 3 rings (SSSR count). The highest BCUT2D eigenvalue weighted by Gasteiger charge is 2.05. The van der Waals surface area contributed by atoms with Crippen molar-refractivity contribution in [3.63, 3.8) is 0 Å². The lowest BCUT2D eigenvalue weighted by Gasteiger charge is -2.14. The Balaban J connectivity index is 2.28. The molecule has 0 amide bonds. The van der Waals surface area contributed by atoms with Crippen LogP contribution >= 0.6 is 0 Å². The first-order valence-corrected chi connectivity index (χ1v) is 5.95. The Morgan fingerprint density at radius 1 is 0.941 bits per heavy atom. The highest BCUT2D eigenvalue weighted by Crippen LogP contribution is 2.10. The van der Waals surface area contributed by atoms with Gasteiger partial charge < -0.3 is 5.32 Å². The topological polar surface area (TPSA) is 12.0 Å². The highest BCUT2D eigenvalue weighted by molar-refractivity contribution is 5.66. The maximum Gasteiger partial charge on any atom is 0.0495 e. The minimum Gasteiger partial charge on any atom is -0.381 e. The van der Waals surface area contributed by atoms with Gasteiger partial charge in [-0.2, -0.15) is 0 Å². The molecule has 1 N–H and O–H groups in total.